The lowest BCUT2D eigenvalue weighted by Gasteiger charge is -2.15. The monoisotopic (exact) mass is 230 g/mol. The van der Waals surface area contributed by atoms with E-state index < -0.39 is 0 Å². The molecule has 1 nitrogen and oxygen atoms in total. The number of Topliss-reactive ketones (excluding diaryl/α,β-unsaturated/α-hetero) is 1. The molecule has 1 aliphatic carbocycles. The first-order valence-corrected chi connectivity index (χ1v) is 6.67. The highest BCUT2D eigenvalue weighted by molar-refractivity contribution is 5.84. The fourth-order valence-electron chi connectivity index (χ4n) is 2.93. The topological polar surface area (TPSA) is 17.1 Å². The van der Waals surface area contributed by atoms with Crippen molar-refractivity contribution in [2.24, 2.45) is 11.8 Å². The van der Waals surface area contributed by atoms with Gasteiger partial charge in [0.2, 0.25) is 0 Å². The van der Waals surface area contributed by atoms with Gasteiger partial charge in [-0.15, -0.1) is 0 Å². The van der Waals surface area contributed by atoms with Crippen molar-refractivity contribution >= 4 is 5.78 Å². The van der Waals surface area contributed by atoms with Crippen LogP contribution in [0.2, 0.25) is 0 Å². The summed E-state index contributed by atoms with van der Waals surface area (Å²) in [4.78, 5) is 12.3. The molecule has 92 valence electrons. The Kier molecular flexibility index (Phi) is 3.66. The lowest BCUT2D eigenvalue weighted by molar-refractivity contribution is -0.123. The zero-order valence-electron chi connectivity index (χ0n) is 11.1. The van der Waals surface area contributed by atoms with E-state index in [4.69, 9.17) is 0 Å². The predicted octanol–water partition coefficient (Wildman–Crippen LogP) is 3.85. The van der Waals surface area contributed by atoms with Crippen LogP contribution in [-0.4, -0.2) is 5.78 Å². The van der Waals surface area contributed by atoms with Crippen LogP contribution in [0, 0.1) is 25.7 Å². The van der Waals surface area contributed by atoms with Crippen molar-refractivity contribution in [1.82, 2.24) is 0 Å². The van der Waals surface area contributed by atoms with Gasteiger partial charge in [0.1, 0.15) is 5.78 Å². The van der Waals surface area contributed by atoms with E-state index in [2.05, 4.69) is 39.0 Å². The van der Waals surface area contributed by atoms with Gasteiger partial charge in [0.05, 0.1) is 0 Å². The SMILES string of the molecule is Cc1ccc(C)c(CC(=O)C2CCCC2C)c1. The molecule has 2 unspecified atom stereocenters. The first-order valence-electron chi connectivity index (χ1n) is 6.67. The molecule has 1 aliphatic rings. The Labute approximate surface area is 104 Å². The second kappa shape index (κ2) is 5.03. The third-order valence-electron chi connectivity index (χ3n) is 4.14. The van der Waals surface area contributed by atoms with Gasteiger partial charge in [0, 0.05) is 12.3 Å². The van der Waals surface area contributed by atoms with Gasteiger partial charge < -0.3 is 0 Å². The van der Waals surface area contributed by atoms with Gasteiger partial charge in [0.25, 0.3) is 0 Å². The fraction of sp³-hybridized carbons (Fsp3) is 0.562. The molecule has 1 saturated carbocycles. The van der Waals surface area contributed by atoms with Crippen LogP contribution in [0.5, 0.6) is 0 Å². The summed E-state index contributed by atoms with van der Waals surface area (Å²) in [7, 11) is 0. The molecule has 0 aliphatic heterocycles. The minimum atomic E-state index is 0.315. The highest BCUT2D eigenvalue weighted by atomic mass is 16.1. The molecule has 0 radical (unpaired) electrons. The molecule has 1 aromatic carbocycles. The Morgan fingerprint density at radius 2 is 2.06 bits per heavy atom. The second-order valence-electron chi connectivity index (χ2n) is 5.59. The average molecular weight is 230 g/mol. The molecule has 2 atom stereocenters. The number of hydrogen-bond donors (Lipinski definition) is 0. The van der Waals surface area contributed by atoms with E-state index in [1.54, 1.807) is 0 Å². The molecule has 0 saturated heterocycles. The molecular weight excluding hydrogens is 208 g/mol. The predicted molar refractivity (Wildman–Crippen MR) is 71.1 cm³/mol. The van der Waals surface area contributed by atoms with Crippen molar-refractivity contribution in [2.75, 3.05) is 0 Å². The normalized spacial score (nSPS) is 23.9. The minimum absolute atomic E-state index is 0.315. The maximum atomic E-state index is 12.3. The van der Waals surface area contributed by atoms with Crippen molar-refractivity contribution in [3.63, 3.8) is 0 Å². The number of carbonyl (C=O) groups excluding carboxylic acids is 1. The van der Waals surface area contributed by atoms with Gasteiger partial charge in [-0.2, -0.15) is 0 Å². The molecule has 0 aromatic heterocycles. The Balaban J connectivity index is 2.10. The first kappa shape index (κ1) is 12.3. The summed E-state index contributed by atoms with van der Waals surface area (Å²) >= 11 is 0. The maximum Gasteiger partial charge on any atom is 0.140 e. The maximum absolute atomic E-state index is 12.3. The van der Waals surface area contributed by atoms with Crippen molar-refractivity contribution in [3.05, 3.63) is 34.9 Å². The van der Waals surface area contributed by atoms with E-state index in [9.17, 15) is 4.79 Å². The fourth-order valence-corrected chi connectivity index (χ4v) is 2.93. The Morgan fingerprint density at radius 3 is 2.71 bits per heavy atom. The first-order chi connectivity index (χ1) is 8.08. The quantitative estimate of drug-likeness (QED) is 0.770. The van der Waals surface area contributed by atoms with E-state index in [1.807, 2.05) is 0 Å². The molecule has 0 N–H and O–H groups in total. The number of benzene rings is 1. The Bertz CT molecular complexity index is 420. The standard InChI is InChI=1S/C16H22O/c1-11-7-8-12(2)14(9-11)10-16(17)15-6-4-5-13(15)3/h7-9,13,15H,4-6,10H2,1-3H3. The summed E-state index contributed by atoms with van der Waals surface area (Å²) in [5.74, 6) is 1.35. The third-order valence-corrected chi connectivity index (χ3v) is 4.14. The van der Waals surface area contributed by atoms with Crippen LogP contribution in [0.4, 0.5) is 0 Å². The lowest BCUT2D eigenvalue weighted by atomic mass is 9.89. The molecule has 1 fully saturated rings. The molecular formula is C16H22O. The highest BCUT2D eigenvalue weighted by Gasteiger charge is 2.29. The van der Waals surface area contributed by atoms with Crippen LogP contribution in [0.15, 0.2) is 18.2 Å². The summed E-state index contributed by atoms with van der Waals surface area (Å²) in [5, 5.41) is 0. The summed E-state index contributed by atoms with van der Waals surface area (Å²) in [6, 6.07) is 6.39. The summed E-state index contributed by atoms with van der Waals surface area (Å²) < 4.78 is 0. The molecule has 0 spiro atoms. The smallest absolute Gasteiger partial charge is 0.140 e. The summed E-state index contributed by atoms with van der Waals surface area (Å²) in [6.45, 7) is 6.41. The minimum Gasteiger partial charge on any atom is -0.299 e. The van der Waals surface area contributed by atoms with Crippen LogP contribution in [0.25, 0.3) is 0 Å². The lowest BCUT2D eigenvalue weighted by Crippen LogP contribution is -2.19. The van der Waals surface area contributed by atoms with Crippen LogP contribution < -0.4 is 0 Å². The third kappa shape index (κ3) is 2.77. The average Bonchev–Trinajstić information content (AvgIpc) is 2.70. The van der Waals surface area contributed by atoms with Gasteiger partial charge >= 0.3 is 0 Å². The molecule has 0 bridgehead atoms. The van der Waals surface area contributed by atoms with Crippen LogP contribution in [0.3, 0.4) is 0 Å². The number of carbonyl (C=O) groups is 1. The van der Waals surface area contributed by atoms with Crippen LogP contribution >= 0.6 is 0 Å². The number of rotatable bonds is 3. The van der Waals surface area contributed by atoms with Crippen molar-refractivity contribution < 1.29 is 4.79 Å². The van der Waals surface area contributed by atoms with Gasteiger partial charge in [0.15, 0.2) is 0 Å². The van der Waals surface area contributed by atoms with E-state index in [-0.39, 0.29) is 0 Å². The van der Waals surface area contributed by atoms with Gasteiger partial charge in [-0.3, -0.25) is 4.79 Å². The van der Waals surface area contributed by atoms with E-state index in [1.165, 1.54) is 29.5 Å². The van der Waals surface area contributed by atoms with Crippen LogP contribution in [-0.2, 0) is 11.2 Å². The second-order valence-corrected chi connectivity index (χ2v) is 5.59. The van der Waals surface area contributed by atoms with Gasteiger partial charge in [-0.1, -0.05) is 37.1 Å². The Hall–Kier alpha value is -1.11. The molecule has 0 amide bonds. The van der Waals surface area contributed by atoms with Crippen molar-refractivity contribution in [1.29, 1.82) is 0 Å². The van der Waals surface area contributed by atoms with E-state index in [0.717, 1.165) is 6.42 Å². The van der Waals surface area contributed by atoms with E-state index in [0.29, 0.717) is 24.0 Å². The summed E-state index contributed by atoms with van der Waals surface area (Å²) in [6.07, 6.45) is 4.18. The molecule has 1 aromatic rings. The van der Waals surface area contributed by atoms with Gasteiger partial charge in [-0.05, 0) is 43.7 Å². The number of hydrogen-bond acceptors (Lipinski definition) is 1. The van der Waals surface area contributed by atoms with Crippen LogP contribution in [0.1, 0.15) is 42.9 Å². The van der Waals surface area contributed by atoms with Crippen molar-refractivity contribution in [3.8, 4) is 0 Å². The van der Waals surface area contributed by atoms with Crippen molar-refractivity contribution in [2.45, 2.75) is 46.5 Å². The summed E-state index contributed by atoms with van der Waals surface area (Å²) in [5.41, 5.74) is 3.71. The largest absolute Gasteiger partial charge is 0.299 e. The number of aryl methyl sites for hydroxylation is 2. The zero-order chi connectivity index (χ0) is 12.4. The van der Waals surface area contributed by atoms with E-state index >= 15 is 0 Å². The van der Waals surface area contributed by atoms with Gasteiger partial charge in [-0.25, -0.2) is 0 Å². The zero-order valence-corrected chi connectivity index (χ0v) is 11.1. The molecule has 0 heterocycles. The molecule has 2 rings (SSSR count). The Morgan fingerprint density at radius 1 is 1.29 bits per heavy atom. The number of ketones is 1. The molecule has 1 heteroatoms. The molecule has 17 heavy (non-hydrogen) atoms. The highest BCUT2D eigenvalue weighted by Crippen LogP contribution is 2.32.